The summed E-state index contributed by atoms with van der Waals surface area (Å²) in [5.41, 5.74) is 1.28. The number of likely N-dealkylation sites (tertiary alicyclic amines) is 1. The topological polar surface area (TPSA) is 54.9 Å². The lowest BCUT2D eigenvalue weighted by atomic mass is 9.78. The van der Waals surface area contributed by atoms with Gasteiger partial charge >= 0.3 is 0 Å². The number of anilines is 1. The van der Waals surface area contributed by atoms with Crippen molar-refractivity contribution in [1.82, 2.24) is 9.88 Å². The van der Waals surface area contributed by atoms with Gasteiger partial charge in [0.15, 0.2) is 0 Å². The number of amides is 1. The predicted molar refractivity (Wildman–Crippen MR) is 94.5 cm³/mol. The van der Waals surface area contributed by atoms with E-state index >= 15 is 0 Å². The molecule has 6 heteroatoms. The van der Waals surface area contributed by atoms with Gasteiger partial charge in [-0.25, -0.2) is 0 Å². The Kier molecular flexibility index (Phi) is 4.90. The van der Waals surface area contributed by atoms with Crippen LogP contribution in [0.5, 0.6) is 0 Å². The first-order valence-corrected chi connectivity index (χ1v) is 9.39. The van der Waals surface area contributed by atoms with Gasteiger partial charge in [0.1, 0.15) is 6.10 Å². The SMILES string of the molecule is O=C(C1CCCO1)N1CCC2(CC1)COCCN(c1cccnc1)C2. The molecule has 1 atom stereocenters. The number of aromatic nitrogens is 1. The summed E-state index contributed by atoms with van der Waals surface area (Å²) in [6.07, 6.45) is 7.38. The van der Waals surface area contributed by atoms with Crippen LogP contribution in [0.3, 0.4) is 0 Å². The van der Waals surface area contributed by atoms with Gasteiger partial charge in [0.2, 0.25) is 0 Å². The molecule has 3 aliphatic rings. The largest absolute Gasteiger partial charge is 0.379 e. The van der Waals surface area contributed by atoms with Crippen LogP contribution in [0.25, 0.3) is 0 Å². The van der Waals surface area contributed by atoms with Crippen molar-refractivity contribution in [2.75, 3.05) is 50.9 Å². The molecule has 0 N–H and O–H groups in total. The molecule has 3 aliphatic heterocycles. The van der Waals surface area contributed by atoms with E-state index in [2.05, 4.69) is 16.0 Å². The number of hydrogen-bond acceptors (Lipinski definition) is 5. The van der Waals surface area contributed by atoms with E-state index in [1.165, 1.54) is 0 Å². The van der Waals surface area contributed by atoms with Crippen LogP contribution in [-0.4, -0.2) is 67.9 Å². The summed E-state index contributed by atoms with van der Waals surface area (Å²) < 4.78 is 11.5. The molecule has 4 rings (SSSR count). The number of ether oxygens (including phenoxy) is 2. The fraction of sp³-hybridized carbons (Fsp3) is 0.684. The Bertz CT molecular complexity index is 581. The number of carbonyl (C=O) groups is 1. The molecule has 0 saturated carbocycles. The molecule has 1 unspecified atom stereocenters. The molecule has 6 nitrogen and oxygen atoms in total. The molecular weight excluding hydrogens is 318 g/mol. The fourth-order valence-corrected chi connectivity index (χ4v) is 4.23. The molecular formula is C19H27N3O3. The van der Waals surface area contributed by atoms with E-state index in [0.717, 1.165) is 77.4 Å². The quantitative estimate of drug-likeness (QED) is 0.817. The average Bonchev–Trinajstić information content (AvgIpc) is 3.12. The third kappa shape index (κ3) is 3.65. The minimum absolute atomic E-state index is 0.125. The van der Waals surface area contributed by atoms with Gasteiger partial charge in [-0.05, 0) is 37.8 Å². The third-order valence-corrected chi connectivity index (χ3v) is 5.79. The monoisotopic (exact) mass is 345 g/mol. The average molecular weight is 345 g/mol. The van der Waals surface area contributed by atoms with Crippen molar-refractivity contribution < 1.29 is 14.3 Å². The van der Waals surface area contributed by atoms with Crippen LogP contribution in [0.4, 0.5) is 5.69 Å². The number of piperidine rings is 1. The van der Waals surface area contributed by atoms with Gasteiger partial charge in [-0.2, -0.15) is 0 Å². The van der Waals surface area contributed by atoms with Crippen LogP contribution < -0.4 is 4.90 Å². The standard InChI is InChI=1S/C19H27N3O3/c23-18(17-4-2-11-25-17)21-8-5-19(6-9-21)14-22(10-12-24-15-19)16-3-1-7-20-13-16/h1,3,7,13,17H,2,4-6,8-12,14-15H2. The Labute approximate surface area is 149 Å². The number of pyridine rings is 1. The maximum Gasteiger partial charge on any atom is 0.251 e. The molecule has 0 aliphatic carbocycles. The van der Waals surface area contributed by atoms with E-state index < -0.39 is 0 Å². The fourth-order valence-electron chi connectivity index (χ4n) is 4.23. The Hall–Kier alpha value is -1.66. The minimum atomic E-state index is -0.202. The van der Waals surface area contributed by atoms with Gasteiger partial charge < -0.3 is 19.3 Å². The van der Waals surface area contributed by atoms with Gasteiger partial charge in [0.25, 0.3) is 5.91 Å². The molecule has 1 aromatic rings. The molecule has 0 radical (unpaired) electrons. The summed E-state index contributed by atoms with van der Waals surface area (Å²) in [5, 5.41) is 0. The molecule has 1 aromatic heterocycles. The minimum Gasteiger partial charge on any atom is -0.379 e. The maximum atomic E-state index is 12.6. The van der Waals surface area contributed by atoms with E-state index in [1.807, 2.05) is 23.4 Å². The first-order chi connectivity index (χ1) is 12.3. The lowest BCUT2D eigenvalue weighted by Crippen LogP contribution is -2.51. The Balaban J connectivity index is 1.41. The van der Waals surface area contributed by atoms with Crippen molar-refractivity contribution in [3.05, 3.63) is 24.5 Å². The second-order valence-corrected chi connectivity index (χ2v) is 7.51. The zero-order valence-electron chi connectivity index (χ0n) is 14.7. The highest BCUT2D eigenvalue weighted by Gasteiger charge is 2.40. The highest BCUT2D eigenvalue weighted by atomic mass is 16.5. The van der Waals surface area contributed by atoms with Crippen LogP contribution in [0.15, 0.2) is 24.5 Å². The maximum absolute atomic E-state index is 12.6. The van der Waals surface area contributed by atoms with Crippen LogP contribution >= 0.6 is 0 Å². The second kappa shape index (κ2) is 7.30. The van der Waals surface area contributed by atoms with Crippen molar-refractivity contribution in [2.24, 2.45) is 5.41 Å². The lowest BCUT2D eigenvalue weighted by Gasteiger charge is -2.43. The lowest BCUT2D eigenvalue weighted by molar-refractivity contribution is -0.143. The molecule has 0 aromatic carbocycles. The van der Waals surface area contributed by atoms with Crippen LogP contribution in [-0.2, 0) is 14.3 Å². The van der Waals surface area contributed by atoms with Gasteiger partial charge in [0.05, 0.1) is 25.1 Å². The molecule has 4 heterocycles. The summed E-state index contributed by atoms with van der Waals surface area (Å²) >= 11 is 0. The first kappa shape index (κ1) is 16.8. The summed E-state index contributed by atoms with van der Waals surface area (Å²) in [7, 11) is 0. The van der Waals surface area contributed by atoms with Crippen LogP contribution in [0.2, 0.25) is 0 Å². The summed E-state index contributed by atoms with van der Waals surface area (Å²) in [6.45, 7) is 5.74. The molecule has 136 valence electrons. The van der Waals surface area contributed by atoms with E-state index in [0.29, 0.717) is 0 Å². The third-order valence-electron chi connectivity index (χ3n) is 5.79. The van der Waals surface area contributed by atoms with Crippen LogP contribution in [0.1, 0.15) is 25.7 Å². The molecule has 25 heavy (non-hydrogen) atoms. The smallest absolute Gasteiger partial charge is 0.251 e. The molecule has 3 saturated heterocycles. The summed E-state index contributed by atoms with van der Waals surface area (Å²) in [4.78, 5) is 21.2. The van der Waals surface area contributed by atoms with E-state index in [1.54, 1.807) is 0 Å². The Morgan fingerprint density at radius 3 is 2.84 bits per heavy atom. The second-order valence-electron chi connectivity index (χ2n) is 7.51. The summed E-state index contributed by atoms with van der Waals surface area (Å²) in [6, 6.07) is 4.10. The molecule has 0 bridgehead atoms. The number of nitrogens with zero attached hydrogens (tertiary/aromatic N) is 3. The highest BCUT2D eigenvalue weighted by molar-refractivity contribution is 5.81. The molecule has 1 spiro atoms. The number of hydrogen-bond donors (Lipinski definition) is 0. The number of carbonyl (C=O) groups excluding carboxylic acids is 1. The normalized spacial score (nSPS) is 26.6. The van der Waals surface area contributed by atoms with Gasteiger partial charge in [-0.15, -0.1) is 0 Å². The van der Waals surface area contributed by atoms with Crippen molar-refractivity contribution in [3.63, 3.8) is 0 Å². The highest BCUT2D eigenvalue weighted by Crippen LogP contribution is 2.36. The van der Waals surface area contributed by atoms with Gasteiger partial charge in [0, 0.05) is 44.4 Å². The zero-order chi connectivity index (χ0) is 17.1. The van der Waals surface area contributed by atoms with Crippen molar-refractivity contribution in [3.8, 4) is 0 Å². The van der Waals surface area contributed by atoms with Crippen LogP contribution in [0, 0.1) is 5.41 Å². The Morgan fingerprint density at radius 1 is 1.24 bits per heavy atom. The van der Waals surface area contributed by atoms with E-state index in [-0.39, 0.29) is 17.4 Å². The van der Waals surface area contributed by atoms with E-state index in [9.17, 15) is 4.79 Å². The predicted octanol–water partition coefficient (Wildman–Crippen LogP) is 1.71. The summed E-state index contributed by atoms with van der Waals surface area (Å²) in [5.74, 6) is 0.186. The molecule has 1 amide bonds. The van der Waals surface area contributed by atoms with Gasteiger partial charge in [-0.1, -0.05) is 0 Å². The molecule has 3 fully saturated rings. The van der Waals surface area contributed by atoms with Crippen molar-refractivity contribution in [2.45, 2.75) is 31.8 Å². The Morgan fingerprint density at radius 2 is 2.12 bits per heavy atom. The van der Waals surface area contributed by atoms with Crippen molar-refractivity contribution >= 4 is 11.6 Å². The zero-order valence-corrected chi connectivity index (χ0v) is 14.7. The first-order valence-electron chi connectivity index (χ1n) is 9.39. The van der Waals surface area contributed by atoms with Crippen molar-refractivity contribution in [1.29, 1.82) is 0 Å². The number of rotatable bonds is 2. The van der Waals surface area contributed by atoms with E-state index in [4.69, 9.17) is 9.47 Å². The van der Waals surface area contributed by atoms with Gasteiger partial charge in [-0.3, -0.25) is 9.78 Å².